The van der Waals surface area contributed by atoms with Gasteiger partial charge in [-0.05, 0) is 78.2 Å². The number of amides is 2. The summed E-state index contributed by atoms with van der Waals surface area (Å²) >= 11 is 6.23. The third kappa shape index (κ3) is 5.65. The van der Waals surface area contributed by atoms with Crippen molar-refractivity contribution < 1.29 is 9.59 Å². The molecule has 198 valence electrons. The van der Waals surface area contributed by atoms with Crippen LogP contribution in [0.5, 0.6) is 0 Å². The Balaban J connectivity index is 1.44. The molecular weight excluding hydrogens is 516 g/mol. The maximum Gasteiger partial charge on any atom is 0.247 e. The first-order chi connectivity index (χ1) is 18.9. The Morgan fingerprint density at radius 1 is 1.21 bits per heavy atom. The Morgan fingerprint density at radius 2 is 2.08 bits per heavy atom. The molecule has 11 heteroatoms. The molecule has 39 heavy (non-hydrogen) atoms. The van der Waals surface area contributed by atoms with Gasteiger partial charge >= 0.3 is 0 Å². The zero-order chi connectivity index (χ0) is 27.4. The molecular formula is C28H27ClN8O2. The lowest BCUT2D eigenvalue weighted by molar-refractivity contribution is -0.138. The lowest BCUT2D eigenvalue weighted by Gasteiger charge is -2.40. The van der Waals surface area contributed by atoms with Gasteiger partial charge in [-0.15, -0.1) is 5.10 Å². The molecule has 2 unspecified atom stereocenters. The van der Waals surface area contributed by atoms with E-state index < -0.39 is 6.04 Å². The minimum absolute atomic E-state index is 0.229. The predicted octanol–water partition coefficient (Wildman–Crippen LogP) is 4.58. The number of tetrazole rings is 1. The van der Waals surface area contributed by atoms with E-state index in [4.69, 9.17) is 11.6 Å². The largest absolute Gasteiger partial charge is 0.326 e. The molecule has 3 heterocycles. The van der Waals surface area contributed by atoms with E-state index >= 15 is 0 Å². The van der Waals surface area contributed by atoms with Gasteiger partial charge in [-0.25, -0.2) is 0 Å². The minimum Gasteiger partial charge on any atom is -0.326 e. The second kappa shape index (κ2) is 11.4. The number of H-pyrrole nitrogens is 1. The highest BCUT2D eigenvalue weighted by Crippen LogP contribution is 2.32. The number of carbonyl (C=O) groups excluding carboxylic acids is 2. The van der Waals surface area contributed by atoms with Crippen LogP contribution < -0.4 is 5.32 Å². The number of piperidine rings is 1. The lowest BCUT2D eigenvalue weighted by Crippen LogP contribution is -2.54. The summed E-state index contributed by atoms with van der Waals surface area (Å²) in [5, 5.41) is 22.6. The Labute approximate surface area is 230 Å². The van der Waals surface area contributed by atoms with E-state index in [0.29, 0.717) is 28.5 Å². The van der Waals surface area contributed by atoms with Crippen LogP contribution >= 0.6 is 11.6 Å². The van der Waals surface area contributed by atoms with Crippen LogP contribution in [0.25, 0.3) is 22.7 Å². The summed E-state index contributed by atoms with van der Waals surface area (Å²) in [6.07, 6.45) is 11.6. The van der Waals surface area contributed by atoms with Gasteiger partial charge in [0.1, 0.15) is 12.4 Å². The second-order valence-electron chi connectivity index (χ2n) is 9.25. The summed E-state index contributed by atoms with van der Waals surface area (Å²) in [6.45, 7) is 6.55. The molecule has 4 aromatic rings. The van der Waals surface area contributed by atoms with Crippen LogP contribution in [0.1, 0.15) is 25.3 Å². The first-order valence-electron chi connectivity index (χ1n) is 12.5. The van der Waals surface area contributed by atoms with Crippen molar-refractivity contribution in [3.8, 4) is 5.69 Å². The van der Waals surface area contributed by atoms with E-state index in [-0.39, 0.29) is 17.7 Å². The molecule has 0 radical (unpaired) electrons. The molecule has 1 fully saturated rings. The molecule has 1 aliphatic rings. The summed E-state index contributed by atoms with van der Waals surface area (Å²) in [5.41, 5.74) is 3.62. The molecule has 0 spiro atoms. The summed E-state index contributed by atoms with van der Waals surface area (Å²) in [6, 6.07) is 10.00. The highest BCUT2D eigenvalue weighted by atomic mass is 35.5. The Morgan fingerprint density at radius 3 is 2.87 bits per heavy atom. The number of hydrogen-bond donors (Lipinski definition) is 2. The molecule has 0 aliphatic carbocycles. The number of benzene rings is 2. The highest BCUT2D eigenvalue weighted by molar-refractivity contribution is 6.30. The van der Waals surface area contributed by atoms with Gasteiger partial charge in [0, 0.05) is 40.2 Å². The number of hydrogen-bond acceptors (Lipinski definition) is 6. The molecule has 10 nitrogen and oxygen atoms in total. The van der Waals surface area contributed by atoms with E-state index in [1.807, 2.05) is 37.3 Å². The summed E-state index contributed by atoms with van der Waals surface area (Å²) < 4.78 is 1.49. The van der Waals surface area contributed by atoms with Crippen molar-refractivity contribution in [3.63, 3.8) is 0 Å². The summed E-state index contributed by atoms with van der Waals surface area (Å²) in [5.74, 6) is -0.791. The normalized spacial score (nSPS) is 17.7. The van der Waals surface area contributed by atoms with E-state index in [9.17, 15) is 9.59 Å². The first kappa shape index (κ1) is 26.1. The number of aromatic nitrogens is 6. The van der Waals surface area contributed by atoms with E-state index in [0.717, 1.165) is 29.3 Å². The Kier molecular flexibility index (Phi) is 7.64. The average Bonchev–Trinajstić information content (AvgIpc) is 3.64. The van der Waals surface area contributed by atoms with Gasteiger partial charge in [0.05, 0.1) is 17.4 Å². The van der Waals surface area contributed by atoms with Gasteiger partial charge in [0.25, 0.3) is 0 Å². The van der Waals surface area contributed by atoms with Crippen LogP contribution in [-0.4, -0.2) is 59.7 Å². The minimum atomic E-state index is -0.738. The molecule has 5 rings (SSSR count). The lowest BCUT2D eigenvalue weighted by atomic mass is 9.82. The van der Waals surface area contributed by atoms with Gasteiger partial charge in [0.15, 0.2) is 0 Å². The number of halogens is 1. The summed E-state index contributed by atoms with van der Waals surface area (Å²) in [7, 11) is 0. The predicted molar refractivity (Wildman–Crippen MR) is 150 cm³/mol. The quantitative estimate of drug-likeness (QED) is 0.260. The van der Waals surface area contributed by atoms with Crippen LogP contribution in [0, 0.1) is 5.92 Å². The van der Waals surface area contributed by atoms with Crippen molar-refractivity contribution in [3.05, 3.63) is 89.9 Å². The van der Waals surface area contributed by atoms with Crippen LogP contribution in [0.2, 0.25) is 5.02 Å². The fraction of sp³-hybridized carbons (Fsp3) is 0.214. The third-order valence-electron chi connectivity index (χ3n) is 6.74. The molecule has 2 aromatic heterocycles. The molecule has 2 N–H and O–H groups in total. The van der Waals surface area contributed by atoms with Crippen LogP contribution in [0.4, 0.5) is 5.69 Å². The van der Waals surface area contributed by atoms with E-state index in [2.05, 4.69) is 37.6 Å². The standard InChI is InChI=1S/C28H27ClN8O2/c1-3-5-18(2)23-6-4-13-36(27(23)28(39)32-22-9-10-24-20(15-22)16-30-33-24)26(38)12-7-19-14-21(29)8-11-25(19)37-17-31-34-35-37/h3,5,7-12,14-17,23,27H,2,4,6,13H2,1H3,(H,30,33)(H,32,39). The van der Waals surface area contributed by atoms with Crippen molar-refractivity contribution in [1.29, 1.82) is 0 Å². The first-order valence-corrected chi connectivity index (χ1v) is 12.9. The smallest absolute Gasteiger partial charge is 0.247 e. The van der Waals surface area contributed by atoms with Gasteiger partial charge in [0.2, 0.25) is 11.8 Å². The van der Waals surface area contributed by atoms with Gasteiger partial charge < -0.3 is 10.2 Å². The van der Waals surface area contributed by atoms with Gasteiger partial charge in [-0.2, -0.15) is 9.78 Å². The number of rotatable bonds is 7. The average molecular weight is 543 g/mol. The summed E-state index contributed by atoms with van der Waals surface area (Å²) in [4.78, 5) is 29.0. The van der Waals surface area contributed by atoms with Crippen LogP contribution in [-0.2, 0) is 9.59 Å². The van der Waals surface area contributed by atoms with Gasteiger partial charge in [-0.3, -0.25) is 14.7 Å². The molecule has 2 atom stereocenters. The molecule has 2 amide bonds. The van der Waals surface area contributed by atoms with Crippen LogP contribution in [0.15, 0.2) is 79.3 Å². The maximum absolute atomic E-state index is 13.7. The molecule has 2 aromatic carbocycles. The number of nitrogens with zero attached hydrogens (tertiary/aromatic N) is 6. The van der Waals surface area contributed by atoms with Crippen molar-refractivity contribution >= 4 is 46.1 Å². The van der Waals surface area contributed by atoms with Crippen molar-refractivity contribution in [2.75, 3.05) is 11.9 Å². The third-order valence-corrected chi connectivity index (χ3v) is 6.97. The monoisotopic (exact) mass is 542 g/mol. The topological polar surface area (TPSA) is 122 Å². The number of carbonyl (C=O) groups is 2. The number of nitrogens with one attached hydrogen (secondary N) is 2. The van der Waals surface area contributed by atoms with E-state index in [1.54, 1.807) is 35.4 Å². The molecule has 1 aliphatic heterocycles. The number of fused-ring (bicyclic) bond motifs is 1. The number of anilines is 1. The highest BCUT2D eigenvalue weighted by Gasteiger charge is 2.39. The number of likely N-dealkylation sites (tertiary alicyclic amines) is 1. The fourth-order valence-electron chi connectivity index (χ4n) is 4.93. The molecule has 1 saturated heterocycles. The SMILES string of the molecule is C=C(C=CC)C1CCCN(C(=O)C=Cc2cc(Cl)ccc2-n2cnnn2)C1C(=O)Nc1ccc2[nH]ncc2c1. The van der Waals surface area contributed by atoms with Crippen LogP contribution in [0.3, 0.4) is 0 Å². The van der Waals surface area contributed by atoms with Crippen molar-refractivity contribution in [2.24, 2.45) is 5.92 Å². The molecule has 0 saturated carbocycles. The number of allylic oxidation sites excluding steroid dienone is 2. The zero-order valence-electron chi connectivity index (χ0n) is 21.3. The Bertz CT molecular complexity index is 1570. The van der Waals surface area contributed by atoms with Crippen molar-refractivity contribution in [2.45, 2.75) is 25.8 Å². The fourth-order valence-corrected chi connectivity index (χ4v) is 5.11. The molecule has 0 bridgehead atoms. The maximum atomic E-state index is 13.7. The second-order valence-corrected chi connectivity index (χ2v) is 9.69. The van der Waals surface area contributed by atoms with Crippen molar-refractivity contribution in [1.82, 2.24) is 35.3 Å². The Hall–Kier alpha value is -4.57. The van der Waals surface area contributed by atoms with Gasteiger partial charge in [-0.1, -0.05) is 30.3 Å². The number of aromatic amines is 1. The zero-order valence-corrected chi connectivity index (χ0v) is 22.0. The van der Waals surface area contributed by atoms with E-state index in [1.165, 1.54) is 17.1 Å².